The summed E-state index contributed by atoms with van der Waals surface area (Å²) in [7, 11) is 1.23. The second kappa shape index (κ2) is 5.01. The van der Waals surface area contributed by atoms with E-state index < -0.39 is 5.97 Å². The Morgan fingerprint density at radius 1 is 1.50 bits per heavy atom. The van der Waals surface area contributed by atoms with Gasteiger partial charge in [-0.2, -0.15) is 0 Å². The molecule has 74 valence electrons. The molecule has 14 heavy (non-hydrogen) atoms. The lowest BCUT2D eigenvalue weighted by molar-refractivity contribution is -0.469. The van der Waals surface area contributed by atoms with Crippen molar-refractivity contribution in [3.63, 3.8) is 0 Å². The molecule has 4 heteroatoms. The quantitative estimate of drug-likeness (QED) is 0.236. The molecule has 0 spiro atoms. The smallest absolute Gasteiger partial charge is 0.396 e. The number of ether oxygens (including phenoxy) is 1. The largest absolute Gasteiger partial charge is 0.623 e. The van der Waals surface area contributed by atoms with E-state index in [-0.39, 0.29) is 6.54 Å². The molecule has 0 bridgehead atoms. The van der Waals surface area contributed by atoms with E-state index in [1.54, 1.807) is 0 Å². The lowest BCUT2D eigenvalue weighted by Gasteiger charge is -2.02. The van der Waals surface area contributed by atoms with E-state index in [2.05, 4.69) is 4.74 Å². The van der Waals surface area contributed by atoms with Crippen LogP contribution in [0.25, 0.3) is 0 Å². The highest BCUT2D eigenvalue weighted by Crippen LogP contribution is 1.99. The summed E-state index contributed by atoms with van der Waals surface area (Å²) in [6.45, 7) is 0.149. The minimum Gasteiger partial charge on any atom is -0.623 e. The zero-order chi connectivity index (χ0) is 10.4. The SMILES string of the molecule is COC(=O)C=[N+]([O-])Cc1ccccc1. The Morgan fingerprint density at radius 2 is 2.14 bits per heavy atom. The fraction of sp³-hybridized carbons (Fsp3) is 0.200. The summed E-state index contributed by atoms with van der Waals surface area (Å²) >= 11 is 0. The topological polar surface area (TPSA) is 52.4 Å². The Hall–Kier alpha value is -1.84. The van der Waals surface area contributed by atoms with Crippen LogP contribution in [0.4, 0.5) is 0 Å². The van der Waals surface area contributed by atoms with Crippen LogP contribution in [0.1, 0.15) is 5.56 Å². The minimum atomic E-state index is -0.643. The number of nitrogens with zero attached hydrogens (tertiary/aromatic N) is 1. The van der Waals surface area contributed by atoms with Crippen molar-refractivity contribution in [3.05, 3.63) is 41.1 Å². The zero-order valence-electron chi connectivity index (χ0n) is 7.84. The molecular formula is C10H11NO3. The Labute approximate surface area is 82.0 Å². The number of esters is 1. The van der Waals surface area contributed by atoms with Crippen molar-refractivity contribution in [2.45, 2.75) is 6.54 Å². The molecule has 0 aliphatic carbocycles. The maximum absolute atomic E-state index is 11.1. The highest BCUT2D eigenvalue weighted by molar-refractivity contribution is 6.20. The summed E-state index contributed by atoms with van der Waals surface area (Å²) in [4.78, 5) is 10.7. The molecule has 0 aromatic heterocycles. The van der Waals surface area contributed by atoms with Crippen LogP contribution in [0.2, 0.25) is 0 Å². The highest BCUT2D eigenvalue weighted by Gasteiger charge is 2.02. The lowest BCUT2D eigenvalue weighted by atomic mass is 10.2. The van der Waals surface area contributed by atoms with E-state index in [0.717, 1.165) is 11.8 Å². The first-order valence-corrected chi connectivity index (χ1v) is 4.13. The Kier molecular flexibility index (Phi) is 3.67. The summed E-state index contributed by atoms with van der Waals surface area (Å²) in [6.07, 6.45) is 0.882. The number of hydrogen-bond acceptors (Lipinski definition) is 3. The molecule has 0 heterocycles. The molecule has 0 fully saturated rings. The predicted molar refractivity (Wildman–Crippen MR) is 51.9 cm³/mol. The lowest BCUT2D eigenvalue weighted by Crippen LogP contribution is -2.13. The van der Waals surface area contributed by atoms with Crippen LogP contribution in [0.5, 0.6) is 0 Å². The van der Waals surface area contributed by atoms with E-state index >= 15 is 0 Å². The van der Waals surface area contributed by atoms with Gasteiger partial charge in [-0.3, -0.25) is 0 Å². The molecule has 0 saturated heterocycles. The Balaban J connectivity index is 2.61. The molecular weight excluding hydrogens is 182 g/mol. The van der Waals surface area contributed by atoms with Gasteiger partial charge in [0.2, 0.25) is 0 Å². The van der Waals surface area contributed by atoms with Crippen molar-refractivity contribution in [2.75, 3.05) is 7.11 Å². The summed E-state index contributed by atoms with van der Waals surface area (Å²) in [5.41, 5.74) is 0.850. The average molecular weight is 193 g/mol. The molecule has 1 rings (SSSR count). The van der Waals surface area contributed by atoms with E-state index in [1.165, 1.54) is 7.11 Å². The van der Waals surface area contributed by atoms with Crippen LogP contribution in [0.3, 0.4) is 0 Å². The van der Waals surface area contributed by atoms with Gasteiger partial charge in [0.25, 0.3) is 6.21 Å². The van der Waals surface area contributed by atoms with Gasteiger partial charge >= 0.3 is 5.97 Å². The van der Waals surface area contributed by atoms with Crippen LogP contribution >= 0.6 is 0 Å². The normalized spacial score (nSPS) is 11.1. The number of carbonyl (C=O) groups is 1. The van der Waals surface area contributed by atoms with E-state index in [0.29, 0.717) is 4.74 Å². The maximum atomic E-state index is 11.1. The minimum absolute atomic E-state index is 0.149. The highest BCUT2D eigenvalue weighted by atomic mass is 16.5. The number of methoxy groups -OCH3 is 1. The molecule has 0 atom stereocenters. The first-order valence-electron chi connectivity index (χ1n) is 4.13. The number of hydroxylamine groups is 1. The Bertz CT molecular complexity index is 332. The van der Waals surface area contributed by atoms with Crippen molar-refractivity contribution >= 4 is 12.2 Å². The molecule has 0 saturated carbocycles. The number of benzene rings is 1. The van der Waals surface area contributed by atoms with Crippen molar-refractivity contribution in [1.29, 1.82) is 0 Å². The fourth-order valence-electron chi connectivity index (χ4n) is 0.979. The molecule has 0 unspecified atom stereocenters. The molecule has 0 amide bonds. The van der Waals surface area contributed by atoms with Gasteiger partial charge in [-0.05, 0) is 0 Å². The number of carbonyl (C=O) groups excluding carboxylic acids is 1. The van der Waals surface area contributed by atoms with Crippen LogP contribution < -0.4 is 0 Å². The third kappa shape index (κ3) is 3.26. The van der Waals surface area contributed by atoms with Crippen molar-refractivity contribution in [2.24, 2.45) is 0 Å². The third-order valence-electron chi connectivity index (χ3n) is 1.63. The second-order valence-corrected chi connectivity index (χ2v) is 2.71. The molecule has 0 radical (unpaired) electrons. The van der Waals surface area contributed by atoms with Crippen LogP contribution in [-0.2, 0) is 16.1 Å². The second-order valence-electron chi connectivity index (χ2n) is 2.71. The first kappa shape index (κ1) is 10.2. The number of hydrogen-bond donors (Lipinski definition) is 0. The maximum Gasteiger partial charge on any atom is 0.396 e. The van der Waals surface area contributed by atoms with Crippen LogP contribution in [-0.4, -0.2) is 24.0 Å². The molecule has 1 aromatic rings. The van der Waals surface area contributed by atoms with E-state index in [1.807, 2.05) is 30.3 Å². The van der Waals surface area contributed by atoms with Gasteiger partial charge in [-0.1, -0.05) is 30.3 Å². The van der Waals surface area contributed by atoms with Gasteiger partial charge in [0.15, 0.2) is 6.54 Å². The van der Waals surface area contributed by atoms with Crippen molar-refractivity contribution in [1.82, 2.24) is 0 Å². The monoisotopic (exact) mass is 193 g/mol. The summed E-state index contributed by atoms with van der Waals surface area (Å²) < 4.78 is 4.87. The molecule has 1 aromatic carbocycles. The van der Waals surface area contributed by atoms with Gasteiger partial charge in [0.05, 0.1) is 7.11 Å². The predicted octanol–water partition coefficient (Wildman–Crippen LogP) is 0.941. The first-order chi connectivity index (χ1) is 6.72. The van der Waals surface area contributed by atoms with Gasteiger partial charge in [-0.25, -0.2) is 9.53 Å². The van der Waals surface area contributed by atoms with E-state index in [4.69, 9.17) is 0 Å². The van der Waals surface area contributed by atoms with Gasteiger partial charge < -0.3 is 9.94 Å². The van der Waals surface area contributed by atoms with Crippen LogP contribution in [0.15, 0.2) is 30.3 Å². The van der Waals surface area contributed by atoms with Gasteiger partial charge in [0, 0.05) is 5.56 Å². The summed E-state index contributed by atoms with van der Waals surface area (Å²) in [6, 6.07) is 9.16. The molecule has 0 aliphatic heterocycles. The van der Waals surface area contributed by atoms with Gasteiger partial charge in [-0.15, -0.1) is 0 Å². The summed E-state index contributed by atoms with van der Waals surface area (Å²) in [5, 5.41) is 11.1. The fourth-order valence-corrected chi connectivity index (χ4v) is 0.979. The van der Waals surface area contributed by atoms with Crippen molar-refractivity contribution < 1.29 is 14.3 Å². The molecule has 0 N–H and O–H groups in total. The van der Waals surface area contributed by atoms with E-state index in [9.17, 15) is 10.0 Å². The van der Waals surface area contributed by atoms with Crippen LogP contribution in [0, 0.1) is 5.21 Å². The van der Waals surface area contributed by atoms with Gasteiger partial charge in [0.1, 0.15) is 0 Å². The summed E-state index contributed by atoms with van der Waals surface area (Å²) in [5.74, 6) is -0.643. The molecule has 0 aliphatic rings. The Morgan fingerprint density at radius 3 is 2.71 bits per heavy atom. The average Bonchev–Trinajstić information content (AvgIpc) is 2.19. The zero-order valence-corrected chi connectivity index (χ0v) is 7.84. The standard InChI is InChI=1S/C10H11NO3/c1-14-10(12)8-11(13)7-9-5-3-2-4-6-9/h2-6,8H,7H2,1H3. The number of rotatable bonds is 3. The molecule has 4 nitrogen and oxygen atoms in total. The third-order valence-corrected chi connectivity index (χ3v) is 1.63. The van der Waals surface area contributed by atoms with Crippen molar-refractivity contribution in [3.8, 4) is 0 Å².